The van der Waals surface area contributed by atoms with E-state index in [-0.39, 0.29) is 11.8 Å². The summed E-state index contributed by atoms with van der Waals surface area (Å²) in [6, 6.07) is 7.67. The van der Waals surface area contributed by atoms with Gasteiger partial charge in [-0.15, -0.1) is 11.3 Å². The van der Waals surface area contributed by atoms with Crippen LogP contribution in [0.4, 0.5) is 5.69 Å². The quantitative estimate of drug-likeness (QED) is 0.205. The van der Waals surface area contributed by atoms with Crippen molar-refractivity contribution in [1.29, 1.82) is 0 Å². The number of thiazole rings is 1. The number of rotatable bonds is 8. The standard InChI is InChI=1S/C34H42Cl2N6O2S/c1-19-10-12-42(13-11-19)27-16-28-26(14-24(27)32(43)37-18-29-20(2)39-21(3)45-29)40-30(41(28)7)15-23-25(35)9-8-22(31(23)36)17-38-33(44)34(4,5)6/h8-9,14,16,19H,10-13,15,17-18H2,1-7H3,(H,37,43)(H,38,44). The minimum Gasteiger partial charge on any atom is -0.371 e. The van der Waals surface area contributed by atoms with Gasteiger partial charge in [0.05, 0.1) is 44.6 Å². The van der Waals surface area contributed by atoms with E-state index in [9.17, 15) is 9.59 Å². The molecule has 1 fully saturated rings. The third-order valence-corrected chi connectivity index (χ3v) is 10.5. The average Bonchev–Trinajstić information content (AvgIpc) is 3.48. The Morgan fingerprint density at radius 3 is 2.40 bits per heavy atom. The molecule has 0 saturated carbocycles. The Kier molecular flexibility index (Phi) is 9.82. The van der Waals surface area contributed by atoms with Crippen molar-refractivity contribution in [2.45, 2.75) is 73.9 Å². The molecule has 3 heterocycles. The second-order valence-corrected chi connectivity index (χ2v) is 15.2. The molecule has 11 heteroatoms. The van der Waals surface area contributed by atoms with Crippen LogP contribution in [0.15, 0.2) is 24.3 Å². The summed E-state index contributed by atoms with van der Waals surface area (Å²) in [6.07, 6.45) is 2.56. The van der Waals surface area contributed by atoms with Crippen LogP contribution in [0.3, 0.4) is 0 Å². The van der Waals surface area contributed by atoms with Gasteiger partial charge in [0.2, 0.25) is 5.91 Å². The van der Waals surface area contributed by atoms with Gasteiger partial charge in [-0.2, -0.15) is 0 Å². The first-order valence-corrected chi connectivity index (χ1v) is 17.0. The van der Waals surface area contributed by atoms with Crippen LogP contribution in [0.1, 0.15) is 83.4 Å². The fraction of sp³-hybridized carbons (Fsp3) is 0.471. The monoisotopic (exact) mass is 668 g/mol. The Morgan fingerprint density at radius 1 is 1.04 bits per heavy atom. The summed E-state index contributed by atoms with van der Waals surface area (Å²) in [7, 11) is 1.98. The number of aryl methyl sites for hydroxylation is 3. The molecule has 8 nitrogen and oxygen atoms in total. The summed E-state index contributed by atoms with van der Waals surface area (Å²) in [5.74, 6) is 1.26. The lowest BCUT2D eigenvalue weighted by molar-refractivity contribution is -0.128. The first kappa shape index (κ1) is 33.2. The summed E-state index contributed by atoms with van der Waals surface area (Å²) in [6.45, 7) is 14.4. The van der Waals surface area contributed by atoms with E-state index < -0.39 is 5.41 Å². The number of fused-ring (bicyclic) bond motifs is 1. The highest BCUT2D eigenvalue weighted by Crippen LogP contribution is 2.34. The third kappa shape index (κ3) is 7.31. The SMILES string of the molecule is Cc1nc(C)c(CNC(=O)c2cc3nc(Cc4c(Cl)ccc(CNC(=O)C(C)(C)C)c4Cl)n(C)c3cc2N2CCC(C)CC2)s1. The zero-order chi connectivity index (χ0) is 32.6. The number of carbonyl (C=O) groups is 2. The number of carbonyl (C=O) groups excluding carboxylic acids is 2. The number of hydrogen-bond donors (Lipinski definition) is 2. The molecule has 2 amide bonds. The number of hydrogen-bond acceptors (Lipinski definition) is 6. The molecule has 0 aliphatic carbocycles. The molecule has 2 N–H and O–H groups in total. The Hall–Kier alpha value is -3.14. The zero-order valence-corrected chi connectivity index (χ0v) is 29.4. The fourth-order valence-corrected chi connectivity index (χ4v) is 7.11. The van der Waals surface area contributed by atoms with E-state index in [1.807, 2.05) is 59.9 Å². The summed E-state index contributed by atoms with van der Waals surface area (Å²) < 4.78 is 2.05. The zero-order valence-electron chi connectivity index (χ0n) is 27.1. The van der Waals surface area contributed by atoms with Crippen molar-refractivity contribution in [3.8, 4) is 0 Å². The molecule has 0 bridgehead atoms. The molecule has 0 atom stereocenters. The molecule has 4 aromatic rings. The number of amides is 2. The van der Waals surface area contributed by atoms with Crippen molar-refractivity contribution in [2.75, 3.05) is 18.0 Å². The summed E-state index contributed by atoms with van der Waals surface area (Å²) in [4.78, 5) is 39.1. The first-order valence-electron chi connectivity index (χ1n) is 15.4. The van der Waals surface area contributed by atoms with Gasteiger partial charge in [-0.05, 0) is 61.9 Å². The van der Waals surface area contributed by atoms with E-state index in [0.717, 1.165) is 75.2 Å². The minimum atomic E-state index is -0.505. The molecule has 2 aromatic carbocycles. The van der Waals surface area contributed by atoms with Gasteiger partial charge in [-0.25, -0.2) is 9.97 Å². The summed E-state index contributed by atoms with van der Waals surface area (Å²) >= 11 is 15.2. The van der Waals surface area contributed by atoms with Crippen LogP contribution in [0.5, 0.6) is 0 Å². The highest BCUT2D eigenvalue weighted by molar-refractivity contribution is 7.11. The minimum absolute atomic E-state index is 0.0541. The number of anilines is 1. The number of aromatic nitrogens is 3. The third-order valence-electron chi connectivity index (χ3n) is 8.59. The topological polar surface area (TPSA) is 92.1 Å². The van der Waals surface area contributed by atoms with Crippen molar-refractivity contribution in [3.63, 3.8) is 0 Å². The van der Waals surface area contributed by atoms with Gasteiger partial charge < -0.3 is 20.1 Å². The van der Waals surface area contributed by atoms with Gasteiger partial charge in [-0.1, -0.05) is 57.0 Å². The lowest BCUT2D eigenvalue weighted by Crippen LogP contribution is -2.35. The smallest absolute Gasteiger partial charge is 0.253 e. The maximum absolute atomic E-state index is 13.7. The Morgan fingerprint density at radius 2 is 1.76 bits per heavy atom. The number of benzene rings is 2. The van der Waals surface area contributed by atoms with Crippen molar-refractivity contribution in [3.05, 3.63) is 72.4 Å². The van der Waals surface area contributed by atoms with E-state index >= 15 is 0 Å². The molecule has 0 unspecified atom stereocenters. The molecule has 45 heavy (non-hydrogen) atoms. The second kappa shape index (κ2) is 13.3. The van der Waals surface area contributed by atoms with Crippen LogP contribution < -0.4 is 15.5 Å². The first-order chi connectivity index (χ1) is 21.2. The van der Waals surface area contributed by atoms with Crippen molar-refractivity contribution in [1.82, 2.24) is 25.2 Å². The maximum Gasteiger partial charge on any atom is 0.253 e. The molecule has 0 spiro atoms. The summed E-state index contributed by atoms with van der Waals surface area (Å²) in [5.41, 5.74) is 5.19. The van der Waals surface area contributed by atoms with Crippen LogP contribution >= 0.6 is 34.5 Å². The largest absolute Gasteiger partial charge is 0.371 e. The fourth-order valence-electron chi connectivity index (χ4n) is 5.66. The molecule has 5 rings (SSSR count). The number of nitrogens with one attached hydrogen (secondary N) is 2. The summed E-state index contributed by atoms with van der Waals surface area (Å²) in [5, 5.41) is 8.15. The highest BCUT2D eigenvalue weighted by Gasteiger charge is 2.25. The molecule has 1 aliphatic rings. The van der Waals surface area contributed by atoms with E-state index in [1.54, 1.807) is 11.3 Å². The van der Waals surface area contributed by atoms with Crippen LogP contribution in [-0.2, 0) is 31.4 Å². The predicted octanol–water partition coefficient (Wildman–Crippen LogP) is 7.37. The molecule has 1 aliphatic heterocycles. The molecule has 0 radical (unpaired) electrons. The van der Waals surface area contributed by atoms with E-state index in [4.69, 9.17) is 28.2 Å². The lowest BCUT2D eigenvalue weighted by atomic mass is 9.95. The second-order valence-electron chi connectivity index (χ2n) is 13.1. The Labute approximate surface area is 279 Å². The van der Waals surface area contributed by atoms with Gasteiger partial charge in [0.15, 0.2) is 0 Å². The van der Waals surface area contributed by atoms with Gasteiger partial charge in [0.1, 0.15) is 5.82 Å². The molecule has 1 saturated heterocycles. The van der Waals surface area contributed by atoms with E-state index in [0.29, 0.717) is 41.0 Å². The van der Waals surface area contributed by atoms with Gasteiger partial charge in [0, 0.05) is 48.4 Å². The average molecular weight is 670 g/mol. The number of piperidine rings is 1. The molecule has 2 aromatic heterocycles. The van der Waals surface area contributed by atoms with Gasteiger partial charge in [0.25, 0.3) is 5.91 Å². The van der Waals surface area contributed by atoms with Crippen LogP contribution in [0.25, 0.3) is 11.0 Å². The lowest BCUT2D eigenvalue weighted by Gasteiger charge is -2.33. The number of nitrogens with zero attached hydrogens (tertiary/aromatic N) is 4. The van der Waals surface area contributed by atoms with Gasteiger partial charge in [-0.3, -0.25) is 9.59 Å². The number of halogens is 2. The van der Waals surface area contributed by atoms with Crippen LogP contribution in [0, 0.1) is 25.2 Å². The van der Waals surface area contributed by atoms with E-state index in [2.05, 4.69) is 38.1 Å². The number of imidazole rings is 1. The van der Waals surface area contributed by atoms with Crippen molar-refractivity contribution >= 4 is 63.1 Å². The van der Waals surface area contributed by atoms with Crippen LogP contribution in [-0.4, -0.2) is 39.4 Å². The maximum atomic E-state index is 13.7. The molecule has 240 valence electrons. The predicted molar refractivity (Wildman–Crippen MR) is 185 cm³/mol. The van der Waals surface area contributed by atoms with Crippen LogP contribution in [0.2, 0.25) is 10.0 Å². The molecular formula is C34H42Cl2N6O2S. The highest BCUT2D eigenvalue weighted by atomic mass is 35.5. The van der Waals surface area contributed by atoms with Crippen molar-refractivity contribution < 1.29 is 9.59 Å². The van der Waals surface area contributed by atoms with Gasteiger partial charge >= 0.3 is 0 Å². The molecular weight excluding hydrogens is 627 g/mol. The van der Waals surface area contributed by atoms with Crippen molar-refractivity contribution in [2.24, 2.45) is 18.4 Å². The van der Waals surface area contributed by atoms with E-state index in [1.165, 1.54) is 0 Å². The Balaban J connectivity index is 1.47. The normalized spacial score (nSPS) is 14.3. The Bertz CT molecular complexity index is 1750.